The second-order valence-electron chi connectivity index (χ2n) is 5.91. The lowest BCUT2D eigenvalue weighted by Crippen LogP contribution is -2.36. The maximum absolute atomic E-state index is 12.1. The lowest BCUT2D eigenvalue weighted by Gasteiger charge is -2.17. The highest BCUT2D eigenvalue weighted by atomic mass is 16.3. The topological polar surface area (TPSA) is 91.7 Å². The van der Waals surface area contributed by atoms with Crippen LogP contribution in [0.2, 0.25) is 0 Å². The van der Waals surface area contributed by atoms with Gasteiger partial charge in [-0.05, 0) is 36.4 Å². The van der Waals surface area contributed by atoms with Gasteiger partial charge >= 0.3 is 0 Å². The molecule has 0 spiro atoms. The second kappa shape index (κ2) is 10.4. The van der Waals surface area contributed by atoms with E-state index in [9.17, 15) is 14.4 Å². The molecule has 0 radical (unpaired) electrons. The molecule has 3 amide bonds. The van der Waals surface area contributed by atoms with Gasteiger partial charge in [0.2, 0.25) is 17.7 Å². The molecule has 0 bridgehead atoms. The van der Waals surface area contributed by atoms with E-state index in [2.05, 4.69) is 16.6 Å². The van der Waals surface area contributed by atoms with Crippen molar-refractivity contribution in [2.75, 3.05) is 25.5 Å². The van der Waals surface area contributed by atoms with E-state index in [1.807, 2.05) is 0 Å². The number of hydrogen-bond acceptors (Lipinski definition) is 4. The minimum Gasteiger partial charge on any atom is -0.465 e. The highest BCUT2D eigenvalue weighted by molar-refractivity contribution is 5.95. The fourth-order valence-corrected chi connectivity index (χ4v) is 2.28. The molecule has 2 N–H and O–H groups in total. The van der Waals surface area contributed by atoms with Crippen LogP contribution < -0.4 is 10.6 Å². The first kappa shape index (κ1) is 20.5. The van der Waals surface area contributed by atoms with Crippen LogP contribution in [0, 0.1) is 12.3 Å². The summed E-state index contributed by atoms with van der Waals surface area (Å²) in [6, 6.07) is 10.3. The molecule has 7 heteroatoms. The van der Waals surface area contributed by atoms with Crippen molar-refractivity contribution in [2.45, 2.75) is 6.42 Å². The summed E-state index contributed by atoms with van der Waals surface area (Å²) in [5.41, 5.74) is 1.22. The zero-order valence-corrected chi connectivity index (χ0v) is 15.5. The summed E-state index contributed by atoms with van der Waals surface area (Å²) in [6.07, 6.45) is 9.77. The monoisotopic (exact) mass is 379 g/mol. The van der Waals surface area contributed by atoms with Crippen molar-refractivity contribution in [3.8, 4) is 12.3 Å². The van der Waals surface area contributed by atoms with Crippen LogP contribution in [0.15, 0.2) is 53.2 Å². The highest BCUT2D eigenvalue weighted by Gasteiger charge is 2.13. The molecule has 7 nitrogen and oxygen atoms in total. The van der Waals surface area contributed by atoms with Crippen LogP contribution in [0.3, 0.4) is 0 Å². The average molecular weight is 379 g/mol. The smallest absolute Gasteiger partial charge is 0.244 e. The standard InChI is InChI=1S/C21H21N3O4/c1-3-16-6-4-7-17(14-16)23-20(26)15-24(2)21(27)11-12-22-19(25)10-9-18-8-5-13-28-18/h1,4-10,13-14H,11-12,15H2,2H3,(H,22,25)(H,23,26). The molecule has 144 valence electrons. The Labute approximate surface area is 163 Å². The molecular formula is C21H21N3O4. The molecule has 28 heavy (non-hydrogen) atoms. The summed E-state index contributed by atoms with van der Waals surface area (Å²) < 4.78 is 5.08. The third-order valence-corrected chi connectivity index (χ3v) is 3.70. The van der Waals surface area contributed by atoms with Crippen LogP contribution in [0.5, 0.6) is 0 Å². The zero-order chi connectivity index (χ0) is 20.4. The number of benzene rings is 1. The van der Waals surface area contributed by atoms with E-state index in [0.29, 0.717) is 17.0 Å². The summed E-state index contributed by atoms with van der Waals surface area (Å²) in [7, 11) is 1.53. The molecule has 0 atom stereocenters. The summed E-state index contributed by atoms with van der Waals surface area (Å²) in [5.74, 6) is 2.11. The molecule has 2 aromatic rings. The molecule has 2 rings (SSSR count). The van der Waals surface area contributed by atoms with Crippen LogP contribution >= 0.6 is 0 Å². The van der Waals surface area contributed by atoms with Gasteiger partial charge in [0.25, 0.3) is 0 Å². The Kier molecular flexibility index (Phi) is 7.61. The fourth-order valence-electron chi connectivity index (χ4n) is 2.28. The Morgan fingerprint density at radius 3 is 2.79 bits per heavy atom. The van der Waals surface area contributed by atoms with Gasteiger partial charge < -0.3 is 20.0 Å². The van der Waals surface area contributed by atoms with Crippen LogP contribution in [-0.2, 0) is 14.4 Å². The van der Waals surface area contributed by atoms with Gasteiger partial charge in [0.1, 0.15) is 5.76 Å². The summed E-state index contributed by atoms with van der Waals surface area (Å²) in [4.78, 5) is 37.1. The normalized spacial score (nSPS) is 10.3. The molecule has 1 heterocycles. The van der Waals surface area contributed by atoms with Crippen molar-refractivity contribution in [3.05, 3.63) is 60.1 Å². The van der Waals surface area contributed by atoms with Gasteiger partial charge in [-0.1, -0.05) is 12.0 Å². The molecule has 0 aliphatic heterocycles. The Hall–Kier alpha value is -3.79. The number of furan rings is 1. The van der Waals surface area contributed by atoms with E-state index >= 15 is 0 Å². The molecule has 1 aromatic heterocycles. The summed E-state index contributed by atoms with van der Waals surface area (Å²) in [5, 5.41) is 5.29. The van der Waals surface area contributed by atoms with Crippen molar-refractivity contribution < 1.29 is 18.8 Å². The molecular weight excluding hydrogens is 358 g/mol. The summed E-state index contributed by atoms with van der Waals surface area (Å²) in [6.45, 7) is 0.0573. The number of hydrogen-bond donors (Lipinski definition) is 2. The number of anilines is 1. The Bertz CT molecular complexity index is 895. The van der Waals surface area contributed by atoms with E-state index < -0.39 is 0 Å². The molecule has 0 aliphatic carbocycles. The quantitative estimate of drug-likeness (QED) is 0.541. The first-order valence-corrected chi connectivity index (χ1v) is 8.58. The molecule has 0 saturated carbocycles. The van der Waals surface area contributed by atoms with Gasteiger partial charge in [0.15, 0.2) is 0 Å². The maximum atomic E-state index is 12.1. The molecule has 0 aliphatic rings. The van der Waals surface area contributed by atoms with E-state index in [1.165, 1.54) is 30.4 Å². The van der Waals surface area contributed by atoms with E-state index in [4.69, 9.17) is 10.8 Å². The Morgan fingerprint density at radius 1 is 1.25 bits per heavy atom. The van der Waals surface area contributed by atoms with Crippen molar-refractivity contribution in [1.29, 1.82) is 0 Å². The molecule has 1 aromatic carbocycles. The predicted octanol–water partition coefficient (Wildman–Crippen LogP) is 1.88. The number of likely N-dealkylation sites (N-methyl/N-ethyl adjacent to an activating group) is 1. The zero-order valence-electron chi connectivity index (χ0n) is 15.5. The van der Waals surface area contributed by atoms with Crippen molar-refractivity contribution in [1.82, 2.24) is 10.2 Å². The lowest BCUT2D eigenvalue weighted by atomic mass is 10.2. The molecule has 0 saturated heterocycles. The highest BCUT2D eigenvalue weighted by Crippen LogP contribution is 2.09. The predicted molar refractivity (Wildman–Crippen MR) is 106 cm³/mol. The largest absolute Gasteiger partial charge is 0.465 e. The van der Waals surface area contributed by atoms with Crippen molar-refractivity contribution in [2.24, 2.45) is 0 Å². The van der Waals surface area contributed by atoms with Crippen LogP contribution in [-0.4, -0.2) is 42.8 Å². The van der Waals surface area contributed by atoms with Gasteiger partial charge in [-0.2, -0.15) is 0 Å². The van der Waals surface area contributed by atoms with E-state index in [1.54, 1.807) is 36.4 Å². The van der Waals surface area contributed by atoms with Gasteiger partial charge in [0.05, 0.1) is 12.8 Å². The summed E-state index contributed by atoms with van der Waals surface area (Å²) >= 11 is 0. The third-order valence-electron chi connectivity index (χ3n) is 3.70. The van der Waals surface area contributed by atoms with Crippen LogP contribution in [0.4, 0.5) is 5.69 Å². The first-order chi connectivity index (χ1) is 13.5. The van der Waals surface area contributed by atoms with Crippen LogP contribution in [0.25, 0.3) is 6.08 Å². The number of nitrogens with zero attached hydrogens (tertiary/aromatic N) is 1. The average Bonchev–Trinajstić information content (AvgIpc) is 3.20. The minimum atomic E-state index is -0.338. The number of rotatable bonds is 8. The van der Waals surface area contributed by atoms with Crippen LogP contribution in [0.1, 0.15) is 17.7 Å². The lowest BCUT2D eigenvalue weighted by molar-refractivity contribution is -0.133. The molecule has 0 fully saturated rings. The Morgan fingerprint density at radius 2 is 2.07 bits per heavy atom. The minimum absolute atomic E-state index is 0.0801. The number of amides is 3. The van der Waals surface area contributed by atoms with Gasteiger partial charge in [-0.3, -0.25) is 14.4 Å². The fraction of sp³-hybridized carbons (Fsp3) is 0.190. The van der Waals surface area contributed by atoms with E-state index in [-0.39, 0.29) is 37.2 Å². The Balaban J connectivity index is 1.70. The van der Waals surface area contributed by atoms with Gasteiger partial charge in [-0.15, -0.1) is 6.42 Å². The third kappa shape index (κ3) is 6.84. The number of nitrogens with one attached hydrogen (secondary N) is 2. The number of carbonyl (C=O) groups is 3. The van der Waals surface area contributed by atoms with E-state index in [0.717, 1.165) is 0 Å². The second-order valence-corrected chi connectivity index (χ2v) is 5.91. The van der Waals surface area contributed by atoms with Gasteiger partial charge in [0, 0.05) is 37.3 Å². The van der Waals surface area contributed by atoms with Crippen molar-refractivity contribution >= 4 is 29.5 Å². The number of carbonyl (C=O) groups excluding carboxylic acids is 3. The number of terminal acetylenes is 1. The first-order valence-electron chi connectivity index (χ1n) is 8.58. The maximum Gasteiger partial charge on any atom is 0.244 e. The van der Waals surface area contributed by atoms with Crippen molar-refractivity contribution in [3.63, 3.8) is 0 Å². The van der Waals surface area contributed by atoms with Gasteiger partial charge in [-0.25, -0.2) is 0 Å². The SMILES string of the molecule is C#Cc1cccc(NC(=O)CN(C)C(=O)CCNC(=O)C=Cc2ccco2)c1. The molecule has 0 unspecified atom stereocenters.